The Labute approximate surface area is 257 Å². The zero-order valence-corrected chi connectivity index (χ0v) is 25.5. The van der Waals surface area contributed by atoms with Gasteiger partial charge in [0.25, 0.3) is 5.91 Å². The smallest absolute Gasteiger partial charge is 0.255 e. The summed E-state index contributed by atoms with van der Waals surface area (Å²) in [5, 5.41) is 10.8. The van der Waals surface area contributed by atoms with Crippen LogP contribution in [-0.4, -0.2) is 78.4 Å². The fourth-order valence-corrected chi connectivity index (χ4v) is 5.31. The first-order valence-electron chi connectivity index (χ1n) is 14.7. The van der Waals surface area contributed by atoms with Crippen molar-refractivity contribution in [2.24, 2.45) is 0 Å². The van der Waals surface area contributed by atoms with Crippen LogP contribution < -0.4 is 16.0 Å². The predicted molar refractivity (Wildman–Crippen MR) is 175 cm³/mol. The molecular weight excluding hydrogens is 562 g/mol. The number of aromatic nitrogens is 2. The van der Waals surface area contributed by atoms with E-state index in [1.807, 2.05) is 30.3 Å². The van der Waals surface area contributed by atoms with E-state index in [1.165, 1.54) is 12.8 Å². The largest absolute Gasteiger partial charge is 0.369 e. The summed E-state index contributed by atoms with van der Waals surface area (Å²) in [4.78, 5) is 39.8. The van der Waals surface area contributed by atoms with Gasteiger partial charge in [-0.25, -0.2) is 9.97 Å². The summed E-state index contributed by atoms with van der Waals surface area (Å²) < 4.78 is 0. The van der Waals surface area contributed by atoms with E-state index >= 15 is 0 Å². The molecule has 2 heterocycles. The van der Waals surface area contributed by atoms with Gasteiger partial charge in [-0.3, -0.25) is 9.59 Å². The van der Waals surface area contributed by atoms with E-state index in [1.54, 1.807) is 36.4 Å². The van der Waals surface area contributed by atoms with Gasteiger partial charge in [-0.05, 0) is 108 Å². The van der Waals surface area contributed by atoms with Gasteiger partial charge < -0.3 is 25.8 Å². The molecule has 43 heavy (non-hydrogen) atoms. The monoisotopic (exact) mass is 599 g/mol. The molecule has 3 N–H and O–H groups in total. The lowest BCUT2D eigenvalue weighted by atomic mass is 10.1. The van der Waals surface area contributed by atoms with Crippen LogP contribution in [0.5, 0.6) is 0 Å². The molecule has 2 amide bonds. The van der Waals surface area contributed by atoms with Crippen LogP contribution in [0.25, 0.3) is 22.3 Å². The number of anilines is 3. The maximum Gasteiger partial charge on any atom is 0.255 e. The Hall–Kier alpha value is -4.05. The second kappa shape index (κ2) is 14.4. The van der Waals surface area contributed by atoms with Crippen molar-refractivity contribution in [2.45, 2.75) is 25.7 Å². The Morgan fingerprint density at radius 2 is 1.72 bits per heavy atom. The van der Waals surface area contributed by atoms with Crippen molar-refractivity contribution >= 4 is 51.5 Å². The maximum atomic E-state index is 13.3. The number of rotatable bonds is 12. The molecule has 0 aliphatic carbocycles. The van der Waals surface area contributed by atoms with Crippen molar-refractivity contribution in [3.05, 3.63) is 77.3 Å². The zero-order chi connectivity index (χ0) is 30.2. The number of hydrogen-bond acceptors (Lipinski definition) is 7. The molecule has 9 nitrogen and oxygen atoms in total. The van der Waals surface area contributed by atoms with Crippen LogP contribution in [0.2, 0.25) is 5.02 Å². The highest BCUT2D eigenvalue weighted by Gasteiger charge is 2.17. The number of likely N-dealkylation sites (tertiary alicyclic amines) is 1. The standard InChI is InChI=1S/C33H38ClN7O2/c1-40(2)18-7-17-35-31-26-8-3-4-9-28(26)37-32(39-31)27-15-12-24(34)22-29(27)38-33(43)23-10-13-25(14-11-23)36-30(42)16-21-41-19-5-6-20-41/h3-4,8-15,22H,5-7,16-21H2,1-2H3,(H,36,42)(H,38,43)(H,35,37,39). The fraction of sp³-hybridized carbons (Fsp3) is 0.333. The highest BCUT2D eigenvalue weighted by atomic mass is 35.5. The highest BCUT2D eigenvalue weighted by Crippen LogP contribution is 2.32. The Morgan fingerprint density at radius 3 is 2.49 bits per heavy atom. The average molecular weight is 600 g/mol. The molecule has 1 aliphatic heterocycles. The third kappa shape index (κ3) is 8.28. The Kier molecular flexibility index (Phi) is 10.2. The molecule has 5 rings (SSSR count). The Bertz CT molecular complexity index is 1570. The number of benzene rings is 3. The molecule has 1 fully saturated rings. The molecule has 0 bridgehead atoms. The summed E-state index contributed by atoms with van der Waals surface area (Å²) in [6.45, 7) is 4.62. The molecule has 10 heteroatoms. The molecule has 0 atom stereocenters. The van der Waals surface area contributed by atoms with Crippen LogP contribution >= 0.6 is 11.6 Å². The first-order chi connectivity index (χ1) is 20.9. The summed E-state index contributed by atoms with van der Waals surface area (Å²) in [5.41, 5.74) is 3.06. The van der Waals surface area contributed by atoms with Crippen molar-refractivity contribution in [1.82, 2.24) is 19.8 Å². The third-order valence-electron chi connectivity index (χ3n) is 7.43. The number of carbonyl (C=O) groups excluding carboxylic acids is 2. The van der Waals surface area contributed by atoms with E-state index in [9.17, 15) is 9.59 Å². The molecule has 0 unspecified atom stereocenters. The average Bonchev–Trinajstić information content (AvgIpc) is 3.52. The van der Waals surface area contributed by atoms with Gasteiger partial charge in [0.05, 0.1) is 11.2 Å². The van der Waals surface area contributed by atoms with Crippen LogP contribution in [-0.2, 0) is 4.79 Å². The summed E-state index contributed by atoms with van der Waals surface area (Å²) >= 11 is 6.35. The summed E-state index contributed by atoms with van der Waals surface area (Å²) in [7, 11) is 4.11. The number of nitrogens with zero attached hydrogens (tertiary/aromatic N) is 4. The van der Waals surface area contributed by atoms with E-state index in [4.69, 9.17) is 21.6 Å². The molecule has 1 saturated heterocycles. The normalized spacial score (nSPS) is 13.4. The van der Waals surface area contributed by atoms with E-state index in [-0.39, 0.29) is 11.8 Å². The van der Waals surface area contributed by atoms with Crippen LogP contribution in [0.3, 0.4) is 0 Å². The minimum Gasteiger partial charge on any atom is -0.369 e. The van der Waals surface area contributed by atoms with E-state index < -0.39 is 0 Å². The minimum absolute atomic E-state index is 0.0328. The summed E-state index contributed by atoms with van der Waals surface area (Å²) in [5.74, 6) is 0.880. The molecule has 224 valence electrons. The van der Waals surface area contributed by atoms with E-state index in [0.29, 0.717) is 39.8 Å². The molecule has 0 radical (unpaired) electrons. The van der Waals surface area contributed by atoms with Gasteiger partial charge >= 0.3 is 0 Å². The van der Waals surface area contributed by atoms with Gasteiger partial charge in [-0.1, -0.05) is 23.7 Å². The van der Waals surface area contributed by atoms with Crippen molar-refractivity contribution in [2.75, 3.05) is 62.8 Å². The fourth-order valence-electron chi connectivity index (χ4n) is 5.14. The maximum absolute atomic E-state index is 13.3. The molecule has 4 aromatic rings. The van der Waals surface area contributed by atoms with Gasteiger partial charge in [0.1, 0.15) is 5.82 Å². The van der Waals surface area contributed by atoms with Gasteiger partial charge in [0.15, 0.2) is 5.82 Å². The Morgan fingerprint density at radius 1 is 0.953 bits per heavy atom. The zero-order valence-electron chi connectivity index (χ0n) is 24.7. The van der Waals surface area contributed by atoms with Crippen LogP contribution in [0, 0.1) is 0 Å². The van der Waals surface area contributed by atoms with E-state index in [2.05, 4.69) is 39.8 Å². The molecule has 0 saturated carbocycles. The van der Waals surface area contributed by atoms with Crippen LogP contribution in [0.15, 0.2) is 66.7 Å². The topological polar surface area (TPSA) is 102 Å². The lowest BCUT2D eigenvalue weighted by Crippen LogP contribution is -2.25. The number of carbonyl (C=O) groups is 2. The third-order valence-corrected chi connectivity index (χ3v) is 7.67. The molecule has 1 aliphatic rings. The lowest BCUT2D eigenvalue weighted by Gasteiger charge is -2.15. The molecule has 0 spiro atoms. The van der Waals surface area contributed by atoms with Crippen LogP contribution in [0.4, 0.5) is 17.2 Å². The van der Waals surface area contributed by atoms with Gasteiger partial charge in [0, 0.05) is 46.7 Å². The van der Waals surface area contributed by atoms with Crippen molar-refractivity contribution in [1.29, 1.82) is 0 Å². The number of amides is 2. The second-order valence-electron chi connectivity index (χ2n) is 11.1. The Balaban J connectivity index is 1.31. The number of nitrogens with one attached hydrogen (secondary N) is 3. The summed E-state index contributed by atoms with van der Waals surface area (Å²) in [6, 6.07) is 20.0. The van der Waals surface area contributed by atoms with Crippen molar-refractivity contribution in [3.63, 3.8) is 0 Å². The minimum atomic E-state index is -0.307. The van der Waals surface area contributed by atoms with Gasteiger partial charge in [-0.2, -0.15) is 0 Å². The SMILES string of the molecule is CN(C)CCCNc1nc(-c2ccc(Cl)cc2NC(=O)c2ccc(NC(=O)CCN3CCCC3)cc2)nc2ccccc12. The quantitative estimate of drug-likeness (QED) is 0.172. The first kappa shape index (κ1) is 30.4. The predicted octanol–water partition coefficient (Wildman–Crippen LogP) is 5.99. The number of halogens is 1. The van der Waals surface area contributed by atoms with Crippen molar-refractivity contribution in [3.8, 4) is 11.4 Å². The lowest BCUT2D eigenvalue weighted by molar-refractivity contribution is -0.116. The molecular formula is C33H38ClN7O2. The van der Waals surface area contributed by atoms with Gasteiger partial charge in [-0.15, -0.1) is 0 Å². The summed E-state index contributed by atoms with van der Waals surface area (Å²) in [6.07, 6.45) is 3.81. The second-order valence-corrected chi connectivity index (χ2v) is 11.5. The molecule has 1 aromatic heterocycles. The van der Waals surface area contributed by atoms with Gasteiger partial charge in [0.2, 0.25) is 5.91 Å². The highest BCUT2D eigenvalue weighted by molar-refractivity contribution is 6.31. The first-order valence-corrected chi connectivity index (χ1v) is 15.1. The number of hydrogen-bond donors (Lipinski definition) is 3. The van der Waals surface area contributed by atoms with Crippen molar-refractivity contribution < 1.29 is 9.59 Å². The molecule has 3 aromatic carbocycles. The van der Waals surface area contributed by atoms with Crippen LogP contribution in [0.1, 0.15) is 36.0 Å². The number of fused-ring (bicyclic) bond motifs is 1. The van der Waals surface area contributed by atoms with E-state index in [0.717, 1.165) is 55.9 Å². The number of para-hydroxylation sites is 1.